The Kier molecular flexibility index (Phi) is 3.48. The van der Waals surface area contributed by atoms with Crippen LogP contribution in [0.3, 0.4) is 0 Å². The maximum atomic E-state index is 8.95. The van der Waals surface area contributed by atoms with Gasteiger partial charge in [0.2, 0.25) is 6.34 Å². The third-order valence-electron chi connectivity index (χ3n) is 3.24. The first kappa shape index (κ1) is 12.1. The van der Waals surface area contributed by atoms with Crippen LogP contribution in [0.5, 0.6) is 0 Å². The normalized spacial score (nSPS) is 15.3. The van der Waals surface area contributed by atoms with Gasteiger partial charge in [-0.1, -0.05) is 17.7 Å². The fourth-order valence-electron chi connectivity index (χ4n) is 2.64. The first-order valence-electron chi connectivity index (χ1n) is 6.16. The molecule has 3 nitrogen and oxygen atoms in total. The summed E-state index contributed by atoms with van der Waals surface area (Å²) >= 11 is 0. The minimum atomic E-state index is 0.218. The van der Waals surface area contributed by atoms with Crippen LogP contribution >= 0.6 is 0 Å². The summed E-state index contributed by atoms with van der Waals surface area (Å²) in [5.41, 5.74) is 5.28. The van der Waals surface area contributed by atoms with Crippen molar-refractivity contribution >= 4 is 12.0 Å². The number of anilines is 1. The summed E-state index contributed by atoms with van der Waals surface area (Å²) in [4.78, 5) is 2.29. The van der Waals surface area contributed by atoms with Crippen molar-refractivity contribution in [1.82, 2.24) is 0 Å². The van der Waals surface area contributed by atoms with E-state index in [0.29, 0.717) is 0 Å². The average Bonchev–Trinajstić information content (AvgIpc) is 2.65. The van der Waals surface area contributed by atoms with Crippen LogP contribution in [0.4, 0.5) is 5.69 Å². The average molecular weight is 233 g/mol. The molecule has 0 saturated heterocycles. The SMILES string of the molecule is Cc1cc(C)c(N2C=[N+](CCO)CC2)c(C)c1. The van der Waals surface area contributed by atoms with Crippen molar-refractivity contribution in [1.29, 1.82) is 0 Å². The first-order chi connectivity index (χ1) is 8.11. The molecule has 1 aliphatic rings. The zero-order chi connectivity index (χ0) is 12.4. The smallest absolute Gasteiger partial charge is 0.239 e. The van der Waals surface area contributed by atoms with E-state index in [0.717, 1.165) is 19.6 Å². The summed E-state index contributed by atoms with van der Waals surface area (Å²) in [6, 6.07) is 4.45. The van der Waals surface area contributed by atoms with Gasteiger partial charge in [0.15, 0.2) is 0 Å². The third kappa shape index (κ3) is 2.50. The molecule has 0 fully saturated rings. The Balaban J connectivity index is 2.30. The predicted octanol–water partition coefficient (Wildman–Crippen LogP) is 1.46. The van der Waals surface area contributed by atoms with Crippen LogP contribution in [0.2, 0.25) is 0 Å². The van der Waals surface area contributed by atoms with E-state index >= 15 is 0 Å². The lowest BCUT2D eigenvalue weighted by Gasteiger charge is -2.13. The van der Waals surface area contributed by atoms with Crippen molar-refractivity contribution in [2.75, 3.05) is 31.1 Å². The van der Waals surface area contributed by atoms with Crippen molar-refractivity contribution in [3.63, 3.8) is 0 Å². The molecular formula is C14H21N2O+. The Morgan fingerprint density at radius 2 is 1.88 bits per heavy atom. The van der Waals surface area contributed by atoms with Gasteiger partial charge in [0, 0.05) is 0 Å². The van der Waals surface area contributed by atoms with E-state index in [2.05, 4.69) is 48.7 Å². The molecule has 0 radical (unpaired) electrons. The zero-order valence-corrected chi connectivity index (χ0v) is 10.9. The molecule has 0 spiro atoms. The maximum absolute atomic E-state index is 8.95. The molecule has 1 heterocycles. The molecule has 0 saturated carbocycles. The molecule has 0 atom stereocenters. The van der Waals surface area contributed by atoms with Gasteiger partial charge in [-0.15, -0.1) is 0 Å². The Morgan fingerprint density at radius 1 is 1.24 bits per heavy atom. The molecule has 1 N–H and O–H groups in total. The van der Waals surface area contributed by atoms with Crippen molar-refractivity contribution in [3.8, 4) is 0 Å². The lowest BCUT2D eigenvalue weighted by molar-refractivity contribution is -0.515. The molecule has 0 aliphatic carbocycles. The Labute approximate surface area is 103 Å². The number of aliphatic hydroxyl groups is 1. The second kappa shape index (κ2) is 4.88. The second-order valence-corrected chi connectivity index (χ2v) is 4.82. The van der Waals surface area contributed by atoms with Gasteiger partial charge in [0.1, 0.15) is 25.3 Å². The summed E-state index contributed by atoms with van der Waals surface area (Å²) in [6.45, 7) is 9.40. The minimum absolute atomic E-state index is 0.218. The number of hydrogen-bond donors (Lipinski definition) is 1. The van der Waals surface area contributed by atoms with Crippen LogP contribution in [0.1, 0.15) is 16.7 Å². The van der Waals surface area contributed by atoms with Gasteiger partial charge < -0.3 is 5.11 Å². The van der Waals surface area contributed by atoms with E-state index in [1.165, 1.54) is 22.4 Å². The van der Waals surface area contributed by atoms with Crippen molar-refractivity contribution in [2.24, 2.45) is 0 Å². The number of aryl methyl sites for hydroxylation is 3. The minimum Gasteiger partial charge on any atom is -0.392 e. The molecule has 1 aromatic carbocycles. The quantitative estimate of drug-likeness (QED) is 0.800. The van der Waals surface area contributed by atoms with Gasteiger partial charge in [-0.3, -0.25) is 4.58 Å². The fraction of sp³-hybridized carbons (Fsp3) is 0.500. The predicted molar refractivity (Wildman–Crippen MR) is 71.1 cm³/mol. The number of benzene rings is 1. The molecule has 3 heteroatoms. The third-order valence-corrected chi connectivity index (χ3v) is 3.24. The Morgan fingerprint density at radius 3 is 2.47 bits per heavy atom. The molecule has 0 amide bonds. The summed E-state index contributed by atoms with van der Waals surface area (Å²) in [7, 11) is 0. The topological polar surface area (TPSA) is 26.5 Å². The highest BCUT2D eigenvalue weighted by Gasteiger charge is 2.23. The molecule has 0 bridgehead atoms. The maximum Gasteiger partial charge on any atom is 0.239 e. The Bertz CT molecular complexity index is 429. The van der Waals surface area contributed by atoms with Crippen molar-refractivity contribution < 1.29 is 9.68 Å². The van der Waals surface area contributed by atoms with Gasteiger partial charge >= 0.3 is 0 Å². The van der Waals surface area contributed by atoms with Crippen LogP contribution in [-0.2, 0) is 0 Å². The number of β-amino-alcohol motifs (C(OH)–C–C–N with tert-alkyl or cyclic N) is 1. The van der Waals surface area contributed by atoms with E-state index in [4.69, 9.17) is 5.11 Å². The summed E-state index contributed by atoms with van der Waals surface area (Å²) in [5.74, 6) is 0. The van der Waals surface area contributed by atoms with Gasteiger partial charge in [-0.05, 0) is 31.9 Å². The van der Waals surface area contributed by atoms with E-state index in [1.807, 2.05) is 0 Å². The van der Waals surface area contributed by atoms with Crippen molar-refractivity contribution in [3.05, 3.63) is 28.8 Å². The number of aliphatic hydroxyl groups excluding tert-OH is 1. The van der Waals surface area contributed by atoms with Crippen LogP contribution in [0.25, 0.3) is 0 Å². The van der Waals surface area contributed by atoms with E-state index < -0.39 is 0 Å². The first-order valence-corrected chi connectivity index (χ1v) is 6.16. The number of nitrogens with zero attached hydrogens (tertiary/aromatic N) is 2. The lowest BCUT2D eigenvalue weighted by atomic mass is 10.0. The van der Waals surface area contributed by atoms with E-state index in [9.17, 15) is 0 Å². The molecule has 17 heavy (non-hydrogen) atoms. The van der Waals surface area contributed by atoms with Crippen LogP contribution in [0.15, 0.2) is 12.1 Å². The Hall–Kier alpha value is -1.35. The van der Waals surface area contributed by atoms with Gasteiger partial charge in [0.25, 0.3) is 0 Å². The zero-order valence-electron chi connectivity index (χ0n) is 10.9. The summed E-state index contributed by atoms with van der Waals surface area (Å²) < 4.78 is 2.17. The van der Waals surface area contributed by atoms with E-state index in [1.54, 1.807) is 0 Å². The van der Waals surface area contributed by atoms with Crippen LogP contribution in [-0.4, -0.2) is 42.3 Å². The fourth-order valence-corrected chi connectivity index (χ4v) is 2.64. The van der Waals surface area contributed by atoms with Gasteiger partial charge in [-0.2, -0.15) is 0 Å². The summed E-state index contributed by atoms with van der Waals surface area (Å²) in [5, 5.41) is 8.95. The highest BCUT2D eigenvalue weighted by Crippen LogP contribution is 2.26. The number of rotatable bonds is 3. The van der Waals surface area contributed by atoms with Crippen LogP contribution in [0, 0.1) is 20.8 Å². The molecule has 1 aliphatic heterocycles. The monoisotopic (exact) mass is 233 g/mol. The summed E-state index contributed by atoms with van der Waals surface area (Å²) in [6.07, 6.45) is 2.13. The second-order valence-electron chi connectivity index (χ2n) is 4.82. The lowest BCUT2D eigenvalue weighted by Crippen LogP contribution is -2.20. The molecular weight excluding hydrogens is 212 g/mol. The largest absolute Gasteiger partial charge is 0.392 e. The van der Waals surface area contributed by atoms with E-state index in [-0.39, 0.29) is 6.61 Å². The van der Waals surface area contributed by atoms with Crippen LogP contribution < -0.4 is 4.90 Å². The van der Waals surface area contributed by atoms with Gasteiger partial charge in [-0.25, -0.2) is 4.90 Å². The molecule has 0 aromatic heterocycles. The number of hydrogen-bond acceptors (Lipinski definition) is 2. The molecule has 2 rings (SSSR count). The highest BCUT2D eigenvalue weighted by molar-refractivity contribution is 5.80. The molecule has 1 aromatic rings. The molecule has 0 unspecified atom stereocenters. The standard InChI is InChI=1S/C14H21N2O/c1-11-8-12(2)14(13(3)9-11)16-5-4-15(10-16)6-7-17/h8-10,17H,4-7H2,1-3H3/q+1. The molecule has 92 valence electrons. The highest BCUT2D eigenvalue weighted by atomic mass is 16.3. The van der Waals surface area contributed by atoms with Crippen molar-refractivity contribution in [2.45, 2.75) is 20.8 Å². The van der Waals surface area contributed by atoms with Gasteiger partial charge in [0.05, 0.1) is 6.61 Å².